The third kappa shape index (κ3) is 7.79. The van der Waals surface area contributed by atoms with E-state index in [2.05, 4.69) is 26.9 Å². The largest absolute Gasteiger partial charge is 0.434 e. The highest BCUT2D eigenvalue weighted by molar-refractivity contribution is 14.0. The summed E-state index contributed by atoms with van der Waals surface area (Å²) >= 11 is 2.95. The predicted molar refractivity (Wildman–Crippen MR) is 115 cm³/mol. The van der Waals surface area contributed by atoms with Crippen LogP contribution in [0.1, 0.15) is 43.3 Å². The van der Waals surface area contributed by atoms with E-state index in [4.69, 9.17) is 0 Å². The Hall–Kier alpha value is -0.230. The average Bonchev–Trinajstić information content (AvgIpc) is 3.04. The SMILES string of the molecule is CCNC(=NCCc1nc(C(F)(F)F)cs1)NC1CCCC(SC)C1.I. The van der Waals surface area contributed by atoms with Gasteiger partial charge in [-0.2, -0.15) is 24.9 Å². The van der Waals surface area contributed by atoms with Gasteiger partial charge in [-0.05, 0) is 32.4 Å². The molecule has 0 saturated heterocycles. The minimum Gasteiger partial charge on any atom is -0.357 e. The summed E-state index contributed by atoms with van der Waals surface area (Å²) in [6.45, 7) is 3.16. The van der Waals surface area contributed by atoms with Crippen LogP contribution in [0.4, 0.5) is 13.2 Å². The molecule has 150 valence electrons. The molecule has 1 fully saturated rings. The summed E-state index contributed by atoms with van der Waals surface area (Å²) in [5, 5.41) is 8.89. The van der Waals surface area contributed by atoms with Crippen LogP contribution in [0, 0.1) is 0 Å². The maximum absolute atomic E-state index is 12.6. The van der Waals surface area contributed by atoms with Gasteiger partial charge >= 0.3 is 6.18 Å². The number of thiazole rings is 1. The van der Waals surface area contributed by atoms with E-state index in [1.807, 2.05) is 18.7 Å². The van der Waals surface area contributed by atoms with Crippen LogP contribution in [0.2, 0.25) is 0 Å². The Labute approximate surface area is 178 Å². The number of aromatic nitrogens is 1. The molecule has 1 aromatic rings. The van der Waals surface area contributed by atoms with Crippen molar-refractivity contribution >= 4 is 53.0 Å². The molecule has 2 rings (SSSR count). The van der Waals surface area contributed by atoms with Gasteiger partial charge in [0.2, 0.25) is 0 Å². The first-order valence-corrected chi connectivity index (χ1v) is 10.7. The lowest BCUT2D eigenvalue weighted by molar-refractivity contribution is -0.140. The fourth-order valence-electron chi connectivity index (χ4n) is 2.82. The molecular weight excluding hydrogens is 496 g/mol. The van der Waals surface area contributed by atoms with Crippen molar-refractivity contribution in [2.45, 2.75) is 56.5 Å². The van der Waals surface area contributed by atoms with Gasteiger partial charge in [0, 0.05) is 36.2 Å². The maximum atomic E-state index is 12.6. The smallest absolute Gasteiger partial charge is 0.357 e. The zero-order valence-electron chi connectivity index (χ0n) is 14.9. The molecule has 10 heteroatoms. The lowest BCUT2D eigenvalue weighted by Crippen LogP contribution is -2.45. The van der Waals surface area contributed by atoms with Crippen molar-refractivity contribution in [1.82, 2.24) is 15.6 Å². The van der Waals surface area contributed by atoms with E-state index in [0.29, 0.717) is 29.3 Å². The highest BCUT2D eigenvalue weighted by atomic mass is 127. The molecule has 1 aliphatic rings. The molecule has 2 unspecified atom stereocenters. The van der Waals surface area contributed by atoms with Gasteiger partial charge in [-0.3, -0.25) is 4.99 Å². The molecule has 2 N–H and O–H groups in total. The first-order valence-electron chi connectivity index (χ1n) is 8.51. The number of rotatable bonds is 6. The lowest BCUT2D eigenvalue weighted by Gasteiger charge is -2.29. The molecule has 1 heterocycles. The zero-order valence-corrected chi connectivity index (χ0v) is 18.9. The summed E-state index contributed by atoms with van der Waals surface area (Å²) in [5.41, 5.74) is -0.813. The second-order valence-electron chi connectivity index (χ2n) is 6.00. The van der Waals surface area contributed by atoms with Gasteiger partial charge in [0.05, 0.1) is 5.01 Å². The van der Waals surface area contributed by atoms with E-state index in [1.165, 1.54) is 12.8 Å². The van der Waals surface area contributed by atoms with Gasteiger partial charge in [-0.15, -0.1) is 35.3 Å². The molecule has 4 nitrogen and oxygen atoms in total. The van der Waals surface area contributed by atoms with Gasteiger partial charge in [-0.25, -0.2) is 4.98 Å². The van der Waals surface area contributed by atoms with Crippen LogP contribution in [0.15, 0.2) is 10.4 Å². The van der Waals surface area contributed by atoms with Gasteiger partial charge in [0.1, 0.15) is 0 Å². The van der Waals surface area contributed by atoms with Crippen LogP contribution in [0.5, 0.6) is 0 Å². The second kappa shape index (κ2) is 11.6. The molecule has 0 aromatic carbocycles. The average molecular weight is 522 g/mol. The minimum atomic E-state index is -4.37. The van der Waals surface area contributed by atoms with E-state index in [9.17, 15) is 13.2 Å². The Morgan fingerprint density at radius 2 is 2.19 bits per heavy atom. The van der Waals surface area contributed by atoms with Gasteiger partial charge in [0.25, 0.3) is 0 Å². The molecule has 0 spiro atoms. The standard InChI is InChI=1S/C16H25F3N4S2.HI/c1-3-20-15(22-11-5-4-6-12(9-11)24-2)21-8-7-14-23-13(10-25-14)16(17,18)19;/h10-12H,3-9H2,1-2H3,(H2,20,21,22);1H. The zero-order chi connectivity index (χ0) is 18.3. The maximum Gasteiger partial charge on any atom is 0.434 e. The van der Waals surface area contributed by atoms with Gasteiger partial charge in [0.15, 0.2) is 11.7 Å². The third-order valence-electron chi connectivity index (χ3n) is 4.08. The Kier molecular flexibility index (Phi) is 10.6. The van der Waals surface area contributed by atoms with E-state index < -0.39 is 11.9 Å². The Bertz CT molecular complexity index is 566. The molecule has 2 atom stereocenters. The number of halogens is 4. The number of guanidine groups is 1. The van der Waals surface area contributed by atoms with E-state index in [0.717, 1.165) is 42.1 Å². The molecule has 0 radical (unpaired) electrons. The summed E-state index contributed by atoms with van der Waals surface area (Å²) < 4.78 is 37.7. The van der Waals surface area contributed by atoms with Gasteiger partial charge < -0.3 is 10.6 Å². The van der Waals surface area contributed by atoms with Crippen molar-refractivity contribution in [3.8, 4) is 0 Å². The van der Waals surface area contributed by atoms with Gasteiger partial charge in [-0.1, -0.05) is 6.42 Å². The summed E-state index contributed by atoms with van der Waals surface area (Å²) in [4.78, 5) is 8.14. The predicted octanol–water partition coefficient (Wildman–Crippen LogP) is 4.55. The van der Waals surface area contributed by atoms with Crippen LogP contribution in [0.25, 0.3) is 0 Å². The summed E-state index contributed by atoms with van der Waals surface area (Å²) in [6.07, 6.45) is 2.91. The second-order valence-corrected chi connectivity index (χ2v) is 8.08. The fourth-order valence-corrected chi connectivity index (χ4v) is 4.44. The van der Waals surface area contributed by atoms with Crippen LogP contribution in [-0.4, -0.2) is 41.6 Å². The Balaban J connectivity index is 0.00000338. The first kappa shape index (κ1) is 23.8. The van der Waals surface area contributed by atoms with E-state index in [1.54, 1.807) is 0 Å². The van der Waals surface area contributed by atoms with Crippen LogP contribution < -0.4 is 10.6 Å². The number of hydrogen-bond donors (Lipinski definition) is 2. The molecule has 0 aliphatic heterocycles. The summed E-state index contributed by atoms with van der Waals surface area (Å²) in [5.74, 6) is 0.738. The van der Waals surface area contributed by atoms with E-state index in [-0.39, 0.29) is 24.0 Å². The van der Waals surface area contributed by atoms with Crippen LogP contribution in [-0.2, 0) is 12.6 Å². The van der Waals surface area contributed by atoms with Crippen molar-refractivity contribution in [3.05, 3.63) is 16.1 Å². The van der Waals surface area contributed by atoms with Crippen LogP contribution in [0.3, 0.4) is 0 Å². The monoisotopic (exact) mass is 522 g/mol. The van der Waals surface area contributed by atoms with Crippen molar-refractivity contribution in [3.63, 3.8) is 0 Å². The number of thioether (sulfide) groups is 1. The van der Waals surface area contributed by atoms with Crippen molar-refractivity contribution in [2.24, 2.45) is 4.99 Å². The highest BCUT2D eigenvalue weighted by Gasteiger charge is 2.33. The highest BCUT2D eigenvalue weighted by Crippen LogP contribution is 2.30. The lowest BCUT2D eigenvalue weighted by atomic mass is 9.95. The summed E-state index contributed by atoms with van der Waals surface area (Å²) in [6, 6.07) is 0.403. The molecule has 1 saturated carbocycles. The number of nitrogens with one attached hydrogen (secondary N) is 2. The van der Waals surface area contributed by atoms with Crippen LogP contribution >= 0.6 is 47.1 Å². The first-order chi connectivity index (χ1) is 11.9. The summed E-state index contributed by atoms with van der Waals surface area (Å²) in [7, 11) is 0. The van der Waals surface area contributed by atoms with Crippen molar-refractivity contribution in [1.29, 1.82) is 0 Å². The Morgan fingerprint density at radius 3 is 2.81 bits per heavy atom. The quantitative estimate of drug-likeness (QED) is 0.327. The topological polar surface area (TPSA) is 49.3 Å². The number of aliphatic imine (C=N–C) groups is 1. The Morgan fingerprint density at radius 1 is 1.42 bits per heavy atom. The molecule has 1 aromatic heterocycles. The number of alkyl halides is 3. The fraction of sp³-hybridized carbons (Fsp3) is 0.750. The number of hydrogen-bond acceptors (Lipinski definition) is 4. The minimum absolute atomic E-state index is 0. The third-order valence-corrected chi connectivity index (χ3v) is 6.09. The number of nitrogens with zero attached hydrogens (tertiary/aromatic N) is 2. The molecular formula is C16H26F3IN4S2. The van der Waals surface area contributed by atoms with E-state index >= 15 is 0 Å². The van der Waals surface area contributed by atoms with Crippen molar-refractivity contribution < 1.29 is 13.2 Å². The van der Waals surface area contributed by atoms with Crippen molar-refractivity contribution in [2.75, 3.05) is 19.3 Å². The molecule has 1 aliphatic carbocycles. The molecule has 0 amide bonds. The normalized spacial score (nSPS) is 21.2. The molecule has 26 heavy (non-hydrogen) atoms. The molecule has 0 bridgehead atoms.